The maximum Gasteiger partial charge on any atom is 0.151 e. The van der Waals surface area contributed by atoms with Crippen LogP contribution in [0.25, 0.3) is 0 Å². The molecule has 2 atom stereocenters. The first-order chi connectivity index (χ1) is 8.02. The summed E-state index contributed by atoms with van der Waals surface area (Å²) in [6.45, 7) is 2.85. The first-order valence-corrected chi connectivity index (χ1v) is 8.09. The monoisotopic (exact) mass is 262 g/mol. The van der Waals surface area contributed by atoms with E-state index in [1.807, 2.05) is 7.05 Å². The van der Waals surface area contributed by atoms with Crippen molar-refractivity contribution >= 4 is 9.84 Å². The van der Waals surface area contributed by atoms with Gasteiger partial charge in [-0.15, -0.1) is 0 Å². The van der Waals surface area contributed by atoms with E-state index in [0.29, 0.717) is 11.5 Å². The number of aliphatic hydroxyl groups is 1. The lowest BCUT2D eigenvalue weighted by atomic mass is 10.2. The average Bonchev–Trinajstić information content (AvgIpc) is 2.53. The van der Waals surface area contributed by atoms with Gasteiger partial charge in [0, 0.05) is 18.6 Å². The van der Waals surface area contributed by atoms with Gasteiger partial charge in [-0.25, -0.2) is 8.42 Å². The molecule has 6 heteroatoms. The molecule has 2 aliphatic heterocycles. The van der Waals surface area contributed by atoms with E-state index in [1.165, 1.54) is 0 Å². The number of hydrogen-bond acceptors (Lipinski definition) is 5. The molecule has 0 aromatic rings. The van der Waals surface area contributed by atoms with Crippen molar-refractivity contribution in [1.82, 2.24) is 9.80 Å². The highest BCUT2D eigenvalue weighted by Gasteiger charge is 2.34. The lowest BCUT2D eigenvalue weighted by molar-refractivity contribution is 0.119. The van der Waals surface area contributed by atoms with Crippen molar-refractivity contribution in [2.24, 2.45) is 0 Å². The minimum absolute atomic E-state index is 0.140. The lowest BCUT2D eigenvalue weighted by Gasteiger charge is -2.30. The number of aliphatic hydroxyl groups excluding tert-OH is 1. The molecular weight excluding hydrogens is 240 g/mol. The van der Waals surface area contributed by atoms with Crippen molar-refractivity contribution in [2.75, 3.05) is 44.8 Å². The van der Waals surface area contributed by atoms with E-state index in [2.05, 4.69) is 9.80 Å². The van der Waals surface area contributed by atoms with Crippen molar-refractivity contribution in [2.45, 2.75) is 24.9 Å². The van der Waals surface area contributed by atoms with Gasteiger partial charge in [0.05, 0.1) is 18.1 Å². The van der Waals surface area contributed by atoms with Crippen molar-refractivity contribution in [3.63, 3.8) is 0 Å². The fourth-order valence-electron chi connectivity index (χ4n) is 2.80. The molecular formula is C11H22N2O3S. The lowest BCUT2D eigenvalue weighted by Crippen LogP contribution is -2.45. The van der Waals surface area contributed by atoms with Gasteiger partial charge in [-0.2, -0.15) is 0 Å². The Morgan fingerprint density at radius 2 is 2.12 bits per heavy atom. The number of rotatable bonds is 2. The Morgan fingerprint density at radius 3 is 2.71 bits per heavy atom. The summed E-state index contributed by atoms with van der Waals surface area (Å²) in [4.78, 5) is 4.43. The van der Waals surface area contributed by atoms with E-state index in [4.69, 9.17) is 0 Å². The molecule has 5 nitrogen and oxygen atoms in total. The third-order valence-electron chi connectivity index (χ3n) is 3.96. The van der Waals surface area contributed by atoms with Crippen LogP contribution in [0.4, 0.5) is 0 Å². The minimum Gasteiger partial charge on any atom is -0.395 e. The van der Waals surface area contributed by atoms with Crippen LogP contribution in [-0.2, 0) is 9.84 Å². The van der Waals surface area contributed by atoms with Crippen LogP contribution < -0.4 is 0 Å². The van der Waals surface area contributed by atoms with Crippen molar-refractivity contribution in [1.29, 1.82) is 0 Å². The second-order valence-electron chi connectivity index (χ2n) is 5.22. The average molecular weight is 262 g/mol. The van der Waals surface area contributed by atoms with Crippen molar-refractivity contribution in [3.8, 4) is 0 Å². The number of sulfone groups is 1. The standard InChI is InChI=1S/C11H22N2O3S/c1-12-4-2-5-13(7-11(12)8-14)10-3-6-17(15,16)9-10/h10-11,14H,2-9H2,1H3. The Hall–Kier alpha value is -0.170. The quantitative estimate of drug-likeness (QED) is 0.704. The minimum atomic E-state index is -2.81. The molecule has 2 rings (SSSR count). The van der Waals surface area contributed by atoms with Crippen LogP contribution in [0.1, 0.15) is 12.8 Å². The summed E-state index contributed by atoms with van der Waals surface area (Å²) in [5.74, 6) is 0.628. The van der Waals surface area contributed by atoms with Gasteiger partial charge in [0.25, 0.3) is 0 Å². The number of nitrogens with zero attached hydrogens (tertiary/aromatic N) is 2. The van der Waals surface area contributed by atoms with E-state index in [1.54, 1.807) is 0 Å². The molecule has 2 fully saturated rings. The van der Waals surface area contributed by atoms with E-state index >= 15 is 0 Å². The second kappa shape index (κ2) is 5.22. The molecule has 2 unspecified atom stereocenters. The van der Waals surface area contributed by atoms with Gasteiger partial charge < -0.3 is 5.11 Å². The first-order valence-electron chi connectivity index (χ1n) is 6.27. The molecule has 17 heavy (non-hydrogen) atoms. The highest BCUT2D eigenvalue weighted by atomic mass is 32.2. The fourth-order valence-corrected chi connectivity index (χ4v) is 4.56. The van der Waals surface area contributed by atoms with Crippen LogP contribution in [0.15, 0.2) is 0 Å². The summed E-state index contributed by atoms with van der Waals surface area (Å²) in [7, 11) is -0.789. The maximum atomic E-state index is 11.5. The second-order valence-corrected chi connectivity index (χ2v) is 7.45. The van der Waals surface area contributed by atoms with Gasteiger partial charge in [0.2, 0.25) is 0 Å². The van der Waals surface area contributed by atoms with Crippen molar-refractivity contribution in [3.05, 3.63) is 0 Å². The molecule has 2 saturated heterocycles. The Balaban J connectivity index is 2.01. The summed E-state index contributed by atoms with van der Waals surface area (Å²) in [5, 5.41) is 9.36. The van der Waals surface area contributed by atoms with Crippen LogP contribution in [-0.4, -0.2) is 80.2 Å². The molecule has 0 radical (unpaired) electrons. The summed E-state index contributed by atoms with van der Waals surface area (Å²) >= 11 is 0. The Kier molecular flexibility index (Phi) is 4.07. The van der Waals surface area contributed by atoms with Gasteiger partial charge >= 0.3 is 0 Å². The smallest absolute Gasteiger partial charge is 0.151 e. The summed E-state index contributed by atoms with van der Waals surface area (Å²) in [5.41, 5.74) is 0. The highest BCUT2D eigenvalue weighted by Crippen LogP contribution is 2.20. The molecule has 2 heterocycles. The van der Waals surface area contributed by atoms with E-state index in [-0.39, 0.29) is 18.7 Å². The van der Waals surface area contributed by atoms with Gasteiger partial charge in [-0.1, -0.05) is 0 Å². The predicted octanol–water partition coefficient (Wildman–Crippen LogP) is -0.828. The fraction of sp³-hybridized carbons (Fsp3) is 1.00. The zero-order chi connectivity index (χ0) is 12.5. The van der Waals surface area contributed by atoms with Crippen LogP contribution in [0.2, 0.25) is 0 Å². The molecule has 0 amide bonds. The highest BCUT2D eigenvalue weighted by molar-refractivity contribution is 7.91. The number of likely N-dealkylation sites (N-methyl/N-ethyl adjacent to an activating group) is 1. The van der Waals surface area contributed by atoms with Crippen LogP contribution in [0.5, 0.6) is 0 Å². The molecule has 1 N–H and O–H groups in total. The normalized spacial score (nSPS) is 35.9. The molecule has 0 aromatic heterocycles. The molecule has 2 aliphatic rings. The van der Waals surface area contributed by atoms with E-state index < -0.39 is 9.84 Å². The van der Waals surface area contributed by atoms with Gasteiger partial charge in [-0.05, 0) is 33.0 Å². The van der Waals surface area contributed by atoms with Gasteiger partial charge in [-0.3, -0.25) is 9.80 Å². The summed E-state index contributed by atoms with van der Waals surface area (Å²) in [6, 6.07) is 0.307. The summed E-state index contributed by atoms with van der Waals surface area (Å²) in [6.07, 6.45) is 1.80. The van der Waals surface area contributed by atoms with Gasteiger partial charge in [0.15, 0.2) is 9.84 Å². The molecule has 0 spiro atoms. The third-order valence-corrected chi connectivity index (χ3v) is 5.71. The summed E-state index contributed by atoms with van der Waals surface area (Å²) < 4.78 is 23.0. The van der Waals surface area contributed by atoms with Crippen LogP contribution in [0, 0.1) is 0 Å². The zero-order valence-electron chi connectivity index (χ0n) is 10.4. The first kappa shape index (κ1) is 13.3. The Labute approximate surface area is 103 Å². The maximum absolute atomic E-state index is 11.5. The zero-order valence-corrected chi connectivity index (χ0v) is 11.2. The Bertz CT molecular complexity index is 358. The molecule has 0 saturated carbocycles. The topological polar surface area (TPSA) is 60.9 Å². The van der Waals surface area contributed by atoms with E-state index in [0.717, 1.165) is 32.5 Å². The van der Waals surface area contributed by atoms with Crippen molar-refractivity contribution < 1.29 is 13.5 Å². The molecule has 0 bridgehead atoms. The predicted molar refractivity (Wildman–Crippen MR) is 66.8 cm³/mol. The largest absolute Gasteiger partial charge is 0.395 e. The number of hydrogen-bond donors (Lipinski definition) is 1. The molecule has 0 aliphatic carbocycles. The molecule has 100 valence electrons. The Morgan fingerprint density at radius 1 is 1.35 bits per heavy atom. The SMILES string of the molecule is CN1CCCN(C2CCS(=O)(=O)C2)CC1CO. The van der Waals surface area contributed by atoms with Crippen LogP contribution in [0.3, 0.4) is 0 Å². The van der Waals surface area contributed by atoms with Gasteiger partial charge in [0.1, 0.15) is 0 Å². The molecule has 0 aromatic carbocycles. The van der Waals surface area contributed by atoms with E-state index in [9.17, 15) is 13.5 Å². The van der Waals surface area contributed by atoms with Crippen LogP contribution >= 0.6 is 0 Å². The third kappa shape index (κ3) is 3.19.